The number of hydrogen-bond acceptors (Lipinski definition) is 6. The Kier molecular flexibility index (Phi) is 4.74. The van der Waals surface area contributed by atoms with E-state index in [9.17, 15) is 4.79 Å². The first-order valence-corrected chi connectivity index (χ1v) is 10.1. The monoisotopic (exact) mass is 436 g/mol. The number of nitrogens with zero attached hydrogens (tertiary/aromatic N) is 1. The fourth-order valence-electron chi connectivity index (χ4n) is 2.43. The molecule has 0 saturated heterocycles. The Morgan fingerprint density at radius 3 is 2.96 bits per heavy atom. The van der Waals surface area contributed by atoms with Gasteiger partial charge >= 0.3 is 0 Å². The smallest absolute Gasteiger partial charge is 0.231 e. The van der Waals surface area contributed by atoms with Gasteiger partial charge in [0, 0.05) is 11.8 Å². The van der Waals surface area contributed by atoms with Crippen LogP contribution in [0.4, 0.5) is 5.13 Å². The van der Waals surface area contributed by atoms with Gasteiger partial charge in [-0.1, -0.05) is 6.07 Å². The van der Waals surface area contributed by atoms with E-state index in [2.05, 4.69) is 26.2 Å². The van der Waals surface area contributed by atoms with Gasteiger partial charge in [0.15, 0.2) is 16.6 Å². The van der Waals surface area contributed by atoms with Crippen LogP contribution in [0.3, 0.4) is 0 Å². The van der Waals surface area contributed by atoms with Gasteiger partial charge in [0.25, 0.3) is 0 Å². The molecule has 1 aliphatic rings. The number of benzene rings is 1. The van der Waals surface area contributed by atoms with Crippen LogP contribution in [0.15, 0.2) is 39.5 Å². The van der Waals surface area contributed by atoms with E-state index in [-0.39, 0.29) is 12.7 Å². The molecule has 1 aliphatic heterocycles. The lowest BCUT2D eigenvalue weighted by Gasteiger charge is -2.03. The van der Waals surface area contributed by atoms with Gasteiger partial charge in [0.05, 0.1) is 14.4 Å². The number of thiophene rings is 1. The van der Waals surface area contributed by atoms with Gasteiger partial charge in [0.2, 0.25) is 12.7 Å². The van der Waals surface area contributed by atoms with Gasteiger partial charge < -0.3 is 14.8 Å². The number of carbonyl (C=O) groups excluding carboxylic acids is 1. The normalized spacial score (nSPS) is 12.4. The van der Waals surface area contributed by atoms with Crippen molar-refractivity contribution in [1.82, 2.24) is 4.98 Å². The molecule has 25 heavy (non-hydrogen) atoms. The van der Waals surface area contributed by atoms with E-state index in [1.807, 2.05) is 35.7 Å². The van der Waals surface area contributed by atoms with E-state index in [0.717, 1.165) is 31.4 Å². The second-order valence-corrected chi connectivity index (χ2v) is 8.70. The summed E-state index contributed by atoms with van der Waals surface area (Å²) in [6.45, 7) is 0.256. The Labute approximate surface area is 160 Å². The largest absolute Gasteiger partial charge is 0.454 e. The molecule has 8 heteroatoms. The van der Waals surface area contributed by atoms with E-state index >= 15 is 0 Å². The van der Waals surface area contributed by atoms with Gasteiger partial charge in [-0.25, -0.2) is 4.98 Å². The summed E-state index contributed by atoms with van der Waals surface area (Å²) in [6.07, 6.45) is 1.03. The molecule has 0 atom stereocenters. The Balaban J connectivity index is 1.34. The molecule has 0 aliphatic carbocycles. The third-order valence-electron chi connectivity index (χ3n) is 3.65. The molecule has 0 bridgehead atoms. The first-order valence-electron chi connectivity index (χ1n) is 7.57. The summed E-state index contributed by atoms with van der Waals surface area (Å²) >= 11 is 6.49. The first kappa shape index (κ1) is 16.6. The molecular formula is C17H13BrN2O3S2. The molecule has 3 aromatic rings. The molecular weight excluding hydrogens is 424 g/mol. The van der Waals surface area contributed by atoms with Crippen molar-refractivity contribution in [3.63, 3.8) is 0 Å². The molecule has 4 rings (SSSR count). The Hall–Kier alpha value is -1.90. The van der Waals surface area contributed by atoms with Gasteiger partial charge in [-0.15, -0.1) is 22.7 Å². The van der Waals surface area contributed by atoms with Crippen LogP contribution in [-0.4, -0.2) is 17.7 Å². The number of carbonyl (C=O) groups is 1. The minimum absolute atomic E-state index is 0.0501. The number of aromatic nitrogens is 1. The van der Waals surface area contributed by atoms with Crippen molar-refractivity contribution in [3.05, 3.63) is 45.1 Å². The lowest BCUT2D eigenvalue weighted by atomic mass is 10.1. The fraction of sp³-hybridized carbons (Fsp3) is 0.176. The van der Waals surface area contributed by atoms with Crippen LogP contribution in [0.25, 0.3) is 10.6 Å². The minimum atomic E-state index is -0.0501. The number of thiazole rings is 1. The standard InChI is InChI=1S/C17H13BrN2O3S2/c18-15-5-4-14(25-15)11-8-24-17(19-11)20-16(21)6-2-10-1-3-12-13(7-10)23-9-22-12/h1,3-5,7-8H,2,6,9H2,(H,19,20,21). The fourth-order valence-corrected chi connectivity index (χ4v) is 4.58. The molecule has 128 valence electrons. The van der Waals surface area contributed by atoms with Crippen molar-refractivity contribution in [3.8, 4) is 22.1 Å². The number of hydrogen-bond donors (Lipinski definition) is 1. The van der Waals surface area contributed by atoms with Crippen molar-refractivity contribution in [2.45, 2.75) is 12.8 Å². The number of fused-ring (bicyclic) bond motifs is 1. The number of amides is 1. The predicted molar refractivity (Wildman–Crippen MR) is 103 cm³/mol. The van der Waals surface area contributed by atoms with Crippen LogP contribution in [0.5, 0.6) is 11.5 Å². The zero-order chi connectivity index (χ0) is 17.2. The van der Waals surface area contributed by atoms with Crippen molar-refractivity contribution in [2.24, 2.45) is 0 Å². The van der Waals surface area contributed by atoms with E-state index < -0.39 is 0 Å². The molecule has 0 radical (unpaired) electrons. The second kappa shape index (κ2) is 7.15. The highest BCUT2D eigenvalue weighted by atomic mass is 79.9. The molecule has 5 nitrogen and oxygen atoms in total. The number of halogens is 1. The average Bonchev–Trinajstić information content (AvgIpc) is 3.32. The highest BCUT2D eigenvalue weighted by Crippen LogP contribution is 2.34. The van der Waals surface area contributed by atoms with Crippen molar-refractivity contribution in [2.75, 3.05) is 12.1 Å². The number of nitrogens with one attached hydrogen (secondary N) is 1. The second-order valence-electron chi connectivity index (χ2n) is 5.38. The zero-order valence-corrected chi connectivity index (χ0v) is 16.2. The summed E-state index contributed by atoms with van der Waals surface area (Å²) < 4.78 is 11.7. The van der Waals surface area contributed by atoms with Crippen LogP contribution in [-0.2, 0) is 11.2 Å². The summed E-state index contributed by atoms with van der Waals surface area (Å²) in [4.78, 5) is 17.7. The molecule has 0 saturated carbocycles. The molecule has 2 aromatic heterocycles. The quantitative estimate of drug-likeness (QED) is 0.615. The van der Waals surface area contributed by atoms with Crippen molar-refractivity contribution < 1.29 is 14.3 Å². The summed E-state index contributed by atoms with van der Waals surface area (Å²) in [5, 5.41) is 5.44. The minimum Gasteiger partial charge on any atom is -0.454 e. The zero-order valence-electron chi connectivity index (χ0n) is 13.0. The van der Waals surface area contributed by atoms with Gasteiger partial charge in [-0.2, -0.15) is 0 Å². The SMILES string of the molecule is O=C(CCc1ccc2c(c1)OCO2)Nc1nc(-c2ccc(Br)s2)cs1. The van der Waals surface area contributed by atoms with Crippen LogP contribution in [0, 0.1) is 0 Å². The summed E-state index contributed by atoms with van der Waals surface area (Å²) in [6, 6.07) is 9.75. The molecule has 3 heterocycles. The van der Waals surface area contributed by atoms with Crippen molar-refractivity contribution >= 4 is 49.6 Å². The topological polar surface area (TPSA) is 60.5 Å². The molecule has 0 fully saturated rings. The Morgan fingerprint density at radius 1 is 1.24 bits per heavy atom. The van der Waals surface area contributed by atoms with Crippen LogP contribution in [0.2, 0.25) is 0 Å². The molecule has 0 spiro atoms. The van der Waals surface area contributed by atoms with E-state index in [1.165, 1.54) is 11.3 Å². The van der Waals surface area contributed by atoms with Crippen molar-refractivity contribution in [1.29, 1.82) is 0 Å². The number of anilines is 1. The lowest BCUT2D eigenvalue weighted by molar-refractivity contribution is -0.116. The van der Waals surface area contributed by atoms with Crippen LogP contribution in [0.1, 0.15) is 12.0 Å². The average molecular weight is 437 g/mol. The van der Waals surface area contributed by atoms with Gasteiger partial charge in [0.1, 0.15) is 0 Å². The van der Waals surface area contributed by atoms with E-state index in [1.54, 1.807) is 11.3 Å². The Morgan fingerprint density at radius 2 is 2.12 bits per heavy atom. The summed E-state index contributed by atoms with van der Waals surface area (Å²) in [5.74, 6) is 1.44. The summed E-state index contributed by atoms with van der Waals surface area (Å²) in [5.41, 5.74) is 1.93. The van der Waals surface area contributed by atoms with Crippen LogP contribution < -0.4 is 14.8 Å². The molecule has 0 unspecified atom stereocenters. The van der Waals surface area contributed by atoms with Gasteiger partial charge in [-0.3, -0.25) is 4.79 Å². The highest BCUT2D eigenvalue weighted by molar-refractivity contribution is 9.11. The lowest BCUT2D eigenvalue weighted by Crippen LogP contribution is -2.12. The summed E-state index contributed by atoms with van der Waals surface area (Å²) in [7, 11) is 0. The third kappa shape index (κ3) is 3.86. The Bertz CT molecular complexity index is 922. The van der Waals surface area contributed by atoms with E-state index in [4.69, 9.17) is 9.47 Å². The number of ether oxygens (including phenoxy) is 2. The van der Waals surface area contributed by atoms with E-state index in [0.29, 0.717) is 18.0 Å². The van der Waals surface area contributed by atoms with Crippen LogP contribution >= 0.6 is 38.6 Å². The molecule has 1 N–H and O–H groups in total. The molecule has 1 aromatic carbocycles. The number of aryl methyl sites for hydroxylation is 1. The molecule has 1 amide bonds. The highest BCUT2D eigenvalue weighted by Gasteiger charge is 2.14. The van der Waals surface area contributed by atoms with Gasteiger partial charge in [-0.05, 0) is 52.2 Å². The maximum atomic E-state index is 12.2. The maximum absolute atomic E-state index is 12.2. The number of rotatable bonds is 5. The third-order valence-corrected chi connectivity index (χ3v) is 6.06. The first-order chi connectivity index (χ1) is 12.2. The maximum Gasteiger partial charge on any atom is 0.231 e. The predicted octanol–water partition coefficient (Wildman–Crippen LogP) is 4.93.